The highest BCUT2D eigenvalue weighted by Crippen LogP contribution is 2.49. The zero-order valence-corrected chi connectivity index (χ0v) is 19.2. The van der Waals surface area contributed by atoms with Crippen LogP contribution in [0.25, 0.3) is 0 Å². The minimum absolute atomic E-state index is 0.180. The fourth-order valence-corrected chi connectivity index (χ4v) is 6.09. The Bertz CT molecular complexity index is 869. The predicted molar refractivity (Wildman–Crippen MR) is 134 cm³/mol. The molecule has 0 heterocycles. The first-order valence-corrected chi connectivity index (χ1v) is 12.3. The van der Waals surface area contributed by atoms with E-state index in [1.165, 1.54) is 29.3 Å². The smallest absolute Gasteiger partial charge is 0.0320 e. The second-order valence-electron chi connectivity index (χ2n) is 8.28. The topological polar surface area (TPSA) is 0 Å². The second-order valence-corrected chi connectivity index (χ2v) is 9.80. The molecule has 1 heteroatoms. The van der Waals surface area contributed by atoms with Crippen molar-refractivity contribution in [3.05, 3.63) is 108 Å². The molecule has 3 aromatic carbocycles. The van der Waals surface area contributed by atoms with Crippen LogP contribution in [0.4, 0.5) is 0 Å². The minimum atomic E-state index is -0.180. The van der Waals surface area contributed by atoms with Crippen LogP contribution >= 0.6 is 8.58 Å². The van der Waals surface area contributed by atoms with Crippen LogP contribution in [-0.2, 0) is 5.41 Å². The van der Waals surface area contributed by atoms with Gasteiger partial charge in [-0.3, -0.25) is 0 Å². The first kappa shape index (κ1) is 22.3. The highest BCUT2D eigenvalue weighted by Gasteiger charge is 2.36. The molecule has 0 aromatic heterocycles. The van der Waals surface area contributed by atoms with Crippen molar-refractivity contribution in [2.45, 2.75) is 44.2 Å². The Morgan fingerprint density at radius 2 is 1.33 bits per heavy atom. The molecule has 0 radical (unpaired) electrons. The molecule has 3 unspecified atom stereocenters. The van der Waals surface area contributed by atoms with Gasteiger partial charge in [-0.15, -0.1) is 20.9 Å². The van der Waals surface area contributed by atoms with Crippen molar-refractivity contribution in [3.63, 3.8) is 0 Å². The van der Waals surface area contributed by atoms with E-state index in [2.05, 4.69) is 111 Å². The predicted octanol–water partition coefficient (Wildman–Crippen LogP) is 7.85. The SMILES string of the molecule is C#CCC(CC(PCC(C)CC)c1ccccc1)(c1ccccc1)c1ccccc1. The Hall–Kier alpha value is -2.35. The quantitative estimate of drug-likeness (QED) is 0.235. The van der Waals surface area contributed by atoms with Crippen LogP contribution < -0.4 is 0 Å². The summed E-state index contributed by atoms with van der Waals surface area (Å²) in [7, 11) is 0.887. The van der Waals surface area contributed by atoms with Gasteiger partial charge in [0.1, 0.15) is 0 Å². The number of hydrogen-bond acceptors (Lipinski definition) is 0. The molecule has 0 aliphatic carbocycles. The highest BCUT2D eigenvalue weighted by atomic mass is 31.1. The molecular weight excluding hydrogens is 379 g/mol. The lowest BCUT2D eigenvalue weighted by Gasteiger charge is -2.37. The molecule has 3 rings (SSSR count). The average Bonchev–Trinajstić information content (AvgIpc) is 2.82. The fraction of sp³-hybridized carbons (Fsp3) is 0.310. The molecule has 30 heavy (non-hydrogen) atoms. The van der Waals surface area contributed by atoms with Crippen LogP contribution in [0.2, 0.25) is 0 Å². The van der Waals surface area contributed by atoms with Crippen molar-refractivity contribution in [1.82, 2.24) is 0 Å². The standard InChI is InChI=1S/C29H33P/c1-4-21-29(26-17-11-7-12-18-26,27-19-13-8-14-20-27)22-28(30-23-24(3)5-2)25-15-9-6-10-16-25/h1,6-20,24,28,30H,5,21-23H2,2-3H3. The molecule has 3 aromatic rings. The molecule has 0 amide bonds. The van der Waals surface area contributed by atoms with E-state index in [1.807, 2.05) is 0 Å². The monoisotopic (exact) mass is 412 g/mol. The minimum Gasteiger partial charge on any atom is -0.120 e. The van der Waals surface area contributed by atoms with E-state index in [-0.39, 0.29) is 5.41 Å². The van der Waals surface area contributed by atoms with Crippen molar-refractivity contribution >= 4 is 8.58 Å². The molecule has 0 fully saturated rings. The first-order valence-electron chi connectivity index (χ1n) is 11.0. The van der Waals surface area contributed by atoms with E-state index in [0.717, 1.165) is 20.9 Å². The van der Waals surface area contributed by atoms with Gasteiger partial charge in [0.05, 0.1) is 0 Å². The average molecular weight is 413 g/mol. The Labute approximate surface area is 184 Å². The van der Waals surface area contributed by atoms with Gasteiger partial charge in [0.2, 0.25) is 0 Å². The third-order valence-electron chi connectivity index (χ3n) is 6.22. The number of terminal acetylenes is 1. The van der Waals surface area contributed by atoms with Gasteiger partial charge in [-0.05, 0) is 35.2 Å². The van der Waals surface area contributed by atoms with Gasteiger partial charge in [0.25, 0.3) is 0 Å². The lowest BCUT2D eigenvalue weighted by atomic mass is 9.68. The summed E-state index contributed by atoms with van der Waals surface area (Å²) in [5.41, 5.74) is 4.40. The van der Waals surface area contributed by atoms with E-state index in [1.54, 1.807) is 0 Å². The van der Waals surface area contributed by atoms with Crippen molar-refractivity contribution in [3.8, 4) is 12.3 Å². The van der Waals surface area contributed by atoms with Crippen LogP contribution in [0.3, 0.4) is 0 Å². The largest absolute Gasteiger partial charge is 0.120 e. The summed E-state index contributed by atoms with van der Waals surface area (Å²) in [5, 5.41) is 0. The zero-order chi connectivity index (χ0) is 21.2. The van der Waals surface area contributed by atoms with Crippen molar-refractivity contribution in [1.29, 1.82) is 0 Å². The zero-order valence-electron chi connectivity index (χ0n) is 18.2. The summed E-state index contributed by atoms with van der Waals surface area (Å²) in [5.74, 6) is 3.80. The van der Waals surface area contributed by atoms with Crippen LogP contribution in [0.5, 0.6) is 0 Å². The summed E-state index contributed by atoms with van der Waals surface area (Å²) in [4.78, 5) is 0. The van der Waals surface area contributed by atoms with E-state index in [0.29, 0.717) is 12.1 Å². The van der Waals surface area contributed by atoms with Gasteiger partial charge in [-0.1, -0.05) is 111 Å². The summed E-state index contributed by atoms with van der Waals surface area (Å²) in [6.45, 7) is 4.67. The third kappa shape index (κ3) is 5.41. The van der Waals surface area contributed by atoms with Crippen LogP contribution in [0, 0.1) is 18.3 Å². The maximum atomic E-state index is 6.00. The Morgan fingerprint density at radius 1 is 0.833 bits per heavy atom. The maximum Gasteiger partial charge on any atom is 0.0320 e. The van der Waals surface area contributed by atoms with Gasteiger partial charge in [-0.2, -0.15) is 0 Å². The van der Waals surface area contributed by atoms with E-state index in [9.17, 15) is 0 Å². The number of rotatable bonds is 10. The van der Waals surface area contributed by atoms with Crippen molar-refractivity contribution in [2.24, 2.45) is 5.92 Å². The molecule has 0 aliphatic rings. The maximum absolute atomic E-state index is 6.00. The molecule has 0 spiro atoms. The summed E-state index contributed by atoms with van der Waals surface area (Å²) in [6, 6.07) is 32.8. The number of benzene rings is 3. The lowest BCUT2D eigenvalue weighted by Crippen LogP contribution is -2.29. The van der Waals surface area contributed by atoms with Gasteiger partial charge in [-0.25, -0.2) is 0 Å². The molecule has 0 saturated heterocycles. The Kier molecular flexibility index (Phi) is 8.30. The first-order chi connectivity index (χ1) is 14.7. The van der Waals surface area contributed by atoms with Gasteiger partial charge in [0.15, 0.2) is 0 Å². The van der Waals surface area contributed by atoms with Gasteiger partial charge < -0.3 is 0 Å². The van der Waals surface area contributed by atoms with Gasteiger partial charge in [0, 0.05) is 17.5 Å². The Morgan fingerprint density at radius 3 is 1.80 bits per heavy atom. The van der Waals surface area contributed by atoms with Crippen molar-refractivity contribution in [2.75, 3.05) is 6.16 Å². The molecular formula is C29H33P. The summed E-state index contributed by atoms with van der Waals surface area (Å²) < 4.78 is 0. The molecule has 0 bridgehead atoms. The Balaban J connectivity index is 2.07. The second kappa shape index (κ2) is 11.2. The van der Waals surface area contributed by atoms with Crippen molar-refractivity contribution < 1.29 is 0 Å². The van der Waals surface area contributed by atoms with Crippen LogP contribution in [-0.4, -0.2) is 6.16 Å². The molecule has 154 valence electrons. The molecule has 0 nitrogen and oxygen atoms in total. The molecule has 0 aliphatic heterocycles. The number of hydrogen-bond donors (Lipinski definition) is 0. The third-order valence-corrected chi connectivity index (χ3v) is 8.18. The normalized spacial score (nSPS) is 13.8. The van der Waals surface area contributed by atoms with Gasteiger partial charge >= 0.3 is 0 Å². The molecule has 0 saturated carbocycles. The lowest BCUT2D eigenvalue weighted by molar-refractivity contribution is 0.476. The van der Waals surface area contributed by atoms with E-state index >= 15 is 0 Å². The molecule has 3 atom stereocenters. The summed E-state index contributed by atoms with van der Waals surface area (Å²) >= 11 is 0. The van der Waals surface area contributed by atoms with E-state index < -0.39 is 0 Å². The fourth-order valence-electron chi connectivity index (χ4n) is 4.20. The van der Waals surface area contributed by atoms with Crippen LogP contribution in [0.15, 0.2) is 91.0 Å². The summed E-state index contributed by atoms with van der Waals surface area (Å²) in [6.07, 6.45) is 10.2. The highest BCUT2D eigenvalue weighted by molar-refractivity contribution is 7.38. The molecule has 0 N–H and O–H groups in total. The van der Waals surface area contributed by atoms with Crippen LogP contribution in [0.1, 0.15) is 55.5 Å². The van der Waals surface area contributed by atoms with E-state index in [4.69, 9.17) is 6.42 Å².